The maximum absolute atomic E-state index is 13.3. The number of piperidine rings is 2. The van der Waals surface area contributed by atoms with Gasteiger partial charge in [-0.15, -0.1) is 0 Å². The van der Waals surface area contributed by atoms with E-state index in [9.17, 15) is 13.6 Å². The number of pyridine rings is 1. The van der Waals surface area contributed by atoms with Gasteiger partial charge in [0.15, 0.2) is 5.13 Å². The number of hydrogen-bond donors (Lipinski definition) is 0. The minimum atomic E-state index is -2.62. The molecule has 1 atom stereocenters. The minimum absolute atomic E-state index is 0.0166. The smallest absolute Gasteiger partial charge is 0.251 e. The van der Waals surface area contributed by atoms with Gasteiger partial charge < -0.3 is 9.80 Å². The van der Waals surface area contributed by atoms with Gasteiger partial charge in [-0.3, -0.25) is 9.78 Å². The van der Waals surface area contributed by atoms with Crippen LogP contribution in [0.1, 0.15) is 25.7 Å². The van der Waals surface area contributed by atoms with Gasteiger partial charge in [-0.1, -0.05) is 11.3 Å². The van der Waals surface area contributed by atoms with Gasteiger partial charge in [0.1, 0.15) is 5.52 Å². The summed E-state index contributed by atoms with van der Waals surface area (Å²) in [4.78, 5) is 25.2. The zero-order valence-corrected chi connectivity index (χ0v) is 14.6. The van der Waals surface area contributed by atoms with E-state index in [0.717, 1.165) is 34.7 Å². The molecule has 1 unspecified atom stereocenters. The monoisotopic (exact) mass is 366 g/mol. The number of nitrogens with zero attached hydrogens (tertiary/aromatic N) is 4. The van der Waals surface area contributed by atoms with E-state index in [4.69, 9.17) is 0 Å². The summed E-state index contributed by atoms with van der Waals surface area (Å²) in [5, 5.41) is 0.908. The summed E-state index contributed by atoms with van der Waals surface area (Å²) in [7, 11) is 0. The van der Waals surface area contributed by atoms with Gasteiger partial charge in [-0.2, -0.15) is 0 Å². The molecule has 4 rings (SSSR count). The van der Waals surface area contributed by atoms with E-state index < -0.39 is 5.92 Å². The quantitative estimate of drug-likeness (QED) is 0.819. The number of rotatable bonds is 2. The topological polar surface area (TPSA) is 49.3 Å². The number of likely N-dealkylation sites (tertiary alicyclic amines) is 1. The molecule has 0 spiro atoms. The average Bonchev–Trinajstić information content (AvgIpc) is 3.05. The van der Waals surface area contributed by atoms with Gasteiger partial charge in [0.2, 0.25) is 5.91 Å². The Morgan fingerprint density at radius 1 is 1.28 bits per heavy atom. The second-order valence-electron chi connectivity index (χ2n) is 6.81. The van der Waals surface area contributed by atoms with Crippen molar-refractivity contribution in [1.82, 2.24) is 14.9 Å². The molecule has 134 valence electrons. The van der Waals surface area contributed by atoms with Crippen LogP contribution in [-0.2, 0) is 4.79 Å². The molecule has 0 aliphatic carbocycles. The van der Waals surface area contributed by atoms with Gasteiger partial charge in [-0.05, 0) is 18.9 Å². The fraction of sp³-hybridized carbons (Fsp3) is 0.588. The molecule has 2 aliphatic rings. The highest BCUT2D eigenvalue weighted by Gasteiger charge is 2.38. The van der Waals surface area contributed by atoms with Gasteiger partial charge >= 0.3 is 0 Å². The summed E-state index contributed by atoms with van der Waals surface area (Å²) >= 11 is 1.60. The van der Waals surface area contributed by atoms with Crippen LogP contribution < -0.4 is 4.90 Å². The molecule has 4 heterocycles. The van der Waals surface area contributed by atoms with Crippen LogP contribution in [0.5, 0.6) is 0 Å². The van der Waals surface area contributed by atoms with Crippen molar-refractivity contribution in [2.24, 2.45) is 5.92 Å². The van der Waals surface area contributed by atoms with Gasteiger partial charge in [0.05, 0.1) is 16.8 Å². The first kappa shape index (κ1) is 16.6. The normalized spacial score (nSPS) is 23.8. The molecule has 0 saturated carbocycles. The van der Waals surface area contributed by atoms with Crippen molar-refractivity contribution in [3.8, 4) is 0 Å². The van der Waals surface area contributed by atoms with Gasteiger partial charge in [-0.25, -0.2) is 13.8 Å². The first-order valence-corrected chi connectivity index (χ1v) is 9.46. The fourth-order valence-corrected chi connectivity index (χ4v) is 4.54. The summed E-state index contributed by atoms with van der Waals surface area (Å²) in [5.41, 5.74) is 0.870. The third kappa shape index (κ3) is 3.44. The Morgan fingerprint density at radius 2 is 2.08 bits per heavy atom. The first-order valence-electron chi connectivity index (χ1n) is 8.64. The number of carbonyl (C=O) groups is 1. The van der Waals surface area contributed by atoms with E-state index in [1.54, 1.807) is 28.6 Å². The molecule has 2 saturated heterocycles. The van der Waals surface area contributed by atoms with Crippen LogP contribution >= 0.6 is 11.3 Å². The van der Waals surface area contributed by atoms with Gasteiger partial charge in [0, 0.05) is 45.2 Å². The molecule has 8 heteroatoms. The summed E-state index contributed by atoms with van der Waals surface area (Å²) < 4.78 is 27.7. The van der Waals surface area contributed by atoms with E-state index in [-0.39, 0.29) is 37.8 Å². The van der Waals surface area contributed by atoms with Crippen LogP contribution in [0.25, 0.3) is 10.2 Å². The highest BCUT2D eigenvalue weighted by Crippen LogP contribution is 2.33. The van der Waals surface area contributed by atoms with Crippen molar-refractivity contribution in [1.29, 1.82) is 0 Å². The van der Waals surface area contributed by atoms with Crippen molar-refractivity contribution in [2.75, 3.05) is 31.1 Å². The van der Waals surface area contributed by atoms with Crippen LogP contribution in [0.2, 0.25) is 0 Å². The number of aromatic nitrogens is 2. The van der Waals surface area contributed by atoms with Crippen molar-refractivity contribution in [2.45, 2.75) is 31.6 Å². The SMILES string of the molecule is O=C(C1CCCN(c2nc3cnccc3s2)C1)N1CCC(F)(F)CC1. The molecule has 2 aromatic heterocycles. The van der Waals surface area contributed by atoms with Crippen LogP contribution in [0, 0.1) is 5.92 Å². The van der Waals surface area contributed by atoms with Crippen molar-refractivity contribution < 1.29 is 13.6 Å². The predicted octanol–water partition coefficient (Wildman–Crippen LogP) is 3.17. The van der Waals surface area contributed by atoms with Crippen molar-refractivity contribution in [3.63, 3.8) is 0 Å². The Bertz CT molecular complexity index is 738. The molecule has 0 radical (unpaired) electrons. The molecule has 0 aromatic carbocycles. The lowest BCUT2D eigenvalue weighted by molar-refractivity contribution is -0.141. The van der Waals surface area contributed by atoms with E-state index in [2.05, 4.69) is 14.9 Å². The first-order chi connectivity index (χ1) is 12.0. The maximum Gasteiger partial charge on any atom is 0.251 e. The molecule has 25 heavy (non-hydrogen) atoms. The number of halogens is 2. The predicted molar refractivity (Wildman–Crippen MR) is 93.1 cm³/mol. The molecule has 0 bridgehead atoms. The fourth-order valence-electron chi connectivity index (χ4n) is 3.57. The number of thiazole rings is 1. The maximum atomic E-state index is 13.3. The van der Waals surface area contributed by atoms with Crippen LogP contribution in [-0.4, -0.2) is 52.9 Å². The van der Waals surface area contributed by atoms with Gasteiger partial charge in [0.25, 0.3) is 5.92 Å². The zero-order chi connectivity index (χ0) is 17.4. The zero-order valence-electron chi connectivity index (χ0n) is 13.8. The second-order valence-corrected chi connectivity index (χ2v) is 7.82. The Balaban J connectivity index is 1.44. The molecule has 0 N–H and O–H groups in total. The van der Waals surface area contributed by atoms with E-state index in [1.807, 2.05) is 6.07 Å². The van der Waals surface area contributed by atoms with Crippen molar-refractivity contribution >= 4 is 32.6 Å². The summed E-state index contributed by atoms with van der Waals surface area (Å²) in [6.07, 6.45) is 4.78. The summed E-state index contributed by atoms with van der Waals surface area (Å²) in [5.74, 6) is -2.74. The highest BCUT2D eigenvalue weighted by atomic mass is 32.1. The van der Waals surface area contributed by atoms with E-state index >= 15 is 0 Å². The molecule has 2 aliphatic heterocycles. The minimum Gasteiger partial charge on any atom is -0.347 e. The number of amides is 1. The average molecular weight is 366 g/mol. The number of alkyl halides is 2. The lowest BCUT2D eigenvalue weighted by atomic mass is 9.95. The number of hydrogen-bond acceptors (Lipinski definition) is 5. The third-order valence-electron chi connectivity index (χ3n) is 5.03. The standard InChI is InChI=1S/C17H20F2N4OS/c18-17(19)4-8-22(9-5-17)15(24)12-2-1-7-23(11-12)16-21-13-10-20-6-3-14(13)25-16/h3,6,10,12H,1-2,4-5,7-9,11H2. The Kier molecular flexibility index (Phi) is 4.31. The Hall–Kier alpha value is -1.83. The highest BCUT2D eigenvalue weighted by molar-refractivity contribution is 7.22. The van der Waals surface area contributed by atoms with Crippen LogP contribution in [0.15, 0.2) is 18.5 Å². The molecule has 2 fully saturated rings. The Labute approximate surface area is 148 Å². The lowest BCUT2D eigenvalue weighted by Crippen LogP contribution is -2.49. The lowest BCUT2D eigenvalue weighted by Gasteiger charge is -2.37. The van der Waals surface area contributed by atoms with Crippen LogP contribution in [0.3, 0.4) is 0 Å². The third-order valence-corrected chi connectivity index (χ3v) is 6.12. The van der Waals surface area contributed by atoms with Crippen molar-refractivity contribution in [3.05, 3.63) is 18.5 Å². The second kappa shape index (κ2) is 6.48. The molecule has 2 aromatic rings. The number of anilines is 1. The van der Waals surface area contributed by atoms with E-state index in [1.165, 1.54) is 0 Å². The Morgan fingerprint density at radius 3 is 2.84 bits per heavy atom. The number of carbonyl (C=O) groups excluding carboxylic acids is 1. The summed E-state index contributed by atoms with van der Waals surface area (Å²) in [6, 6.07) is 1.94. The molecule has 5 nitrogen and oxygen atoms in total. The molecular formula is C17H20F2N4OS. The largest absolute Gasteiger partial charge is 0.347 e. The van der Waals surface area contributed by atoms with E-state index in [0.29, 0.717) is 6.54 Å². The summed E-state index contributed by atoms with van der Waals surface area (Å²) in [6.45, 7) is 1.80. The number of fused-ring (bicyclic) bond motifs is 1. The molecule has 1 amide bonds. The molecular weight excluding hydrogens is 346 g/mol. The van der Waals surface area contributed by atoms with Crippen LogP contribution in [0.4, 0.5) is 13.9 Å².